The van der Waals surface area contributed by atoms with E-state index in [0.717, 1.165) is 11.3 Å². The summed E-state index contributed by atoms with van der Waals surface area (Å²) >= 11 is 0. The summed E-state index contributed by atoms with van der Waals surface area (Å²) in [7, 11) is 0. The summed E-state index contributed by atoms with van der Waals surface area (Å²) in [6.07, 6.45) is 4.30. The zero-order chi connectivity index (χ0) is 15.7. The molecule has 0 saturated carbocycles. The van der Waals surface area contributed by atoms with E-state index < -0.39 is 11.7 Å². The number of pyridine rings is 1. The van der Waals surface area contributed by atoms with Crippen molar-refractivity contribution in [2.75, 3.05) is 13.1 Å². The van der Waals surface area contributed by atoms with Gasteiger partial charge in [0.15, 0.2) is 0 Å². The van der Waals surface area contributed by atoms with Gasteiger partial charge in [-0.25, -0.2) is 4.98 Å². The Kier molecular flexibility index (Phi) is 3.88. The standard InChI is InChI=1S/C16H21N3O3/c1-16(22)7-9-19(11-13(16)20)15(21)6-5-12-10-18-8-3-2-4-14(18)17-12/h2-4,8,10,13,20,22H,5-7,9,11H2,1H3/t13-,16-/m1/s1. The summed E-state index contributed by atoms with van der Waals surface area (Å²) < 4.78 is 1.93. The number of likely N-dealkylation sites (tertiary alicyclic amines) is 1. The van der Waals surface area contributed by atoms with E-state index in [1.165, 1.54) is 0 Å². The summed E-state index contributed by atoms with van der Waals surface area (Å²) in [6.45, 7) is 2.28. The summed E-state index contributed by atoms with van der Waals surface area (Å²) in [5.74, 6) is -0.00777. The topological polar surface area (TPSA) is 78.1 Å². The van der Waals surface area contributed by atoms with Crippen molar-refractivity contribution in [2.45, 2.75) is 37.9 Å². The van der Waals surface area contributed by atoms with Crippen LogP contribution in [-0.4, -0.2) is 55.2 Å². The minimum atomic E-state index is -1.10. The number of carbonyl (C=O) groups excluding carboxylic acids is 1. The third kappa shape index (κ3) is 2.98. The molecular formula is C16H21N3O3. The molecule has 3 heterocycles. The molecule has 0 aromatic carbocycles. The van der Waals surface area contributed by atoms with Crippen LogP contribution in [0.3, 0.4) is 0 Å². The van der Waals surface area contributed by atoms with E-state index in [2.05, 4.69) is 4.98 Å². The quantitative estimate of drug-likeness (QED) is 0.871. The number of hydrogen-bond donors (Lipinski definition) is 2. The Hall–Kier alpha value is -1.92. The van der Waals surface area contributed by atoms with Gasteiger partial charge in [0.2, 0.25) is 5.91 Å². The maximum absolute atomic E-state index is 12.2. The van der Waals surface area contributed by atoms with Crippen LogP contribution in [0, 0.1) is 0 Å². The Morgan fingerprint density at radius 1 is 1.50 bits per heavy atom. The number of fused-ring (bicyclic) bond motifs is 1. The molecule has 1 amide bonds. The van der Waals surface area contributed by atoms with Crippen LogP contribution in [-0.2, 0) is 11.2 Å². The summed E-state index contributed by atoms with van der Waals surface area (Å²) in [5.41, 5.74) is 0.650. The minimum Gasteiger partial charge on any atom is -0.388 e. The van der Waals surface area contributed by atoms with Gasteiger partial charge in [0.05, 0.1) is 17.4 Å². The van der Waals surface area contributed by atoms with E-state index in [1.807, 2.05) is 35.0 Å². The van der Waals surface area contributed by atoms with Crippen molar-refractivity contribution in [1.29, 1.82) is 0 Å². The molecule has 1 saturated heterocycles. The number of aliphatic hydroxyl groups is 2. The van der Waals surface area contributed by atoms with Gasteiger partial charge < -0.3 is 19.5 Å². The number of carbonyl (C=O) groups is 1. The average molecular weight is 303 g/mol. The van der Waals surface area contributed by atoms with E-state index in [9.17, 15) is 15.0 Å². The molecule has 2 aromatic rings. The third-order valence-corrected chi connectivity index (χ3v) is 4.36. The number of amides is 1. The zero-order valence-corrected chi connectivity index (χ0v) is 12.6. The predicted molar refractivity (Wildman–Crippen MR) is 81.3 cm³/mol. The van der Waals surface area contributed by atoms with Crippen molar-refractivity contribution < 1.29 is 15.0 Å². The normalized spacial score (nSPS) is 25.6. The van der Waals surface area contributed by atoms with Crippen molar-refractivity contribution in [1.82, 2.24) is 14.3 Å². The van der Waals surface area contributed by atoms with Crippen LogP contribution in [0.5, 0.6) is 0 Å². The Balaban J connectivity index is 1.58. The molecule has 118 valence electrons. The first kappa shape index (κ1) is 15.0. The monoisotopic (exact) mass is 303 g/mol. The molecule has 0 aliphatic carbocycles. The highest BCUT2D eigenvalue weighted by Gasteiger charge is 2.37. The lowest BCUT2D eigenvalue weighted by Gasteiger charge is -2.39. The van der Waals surface area contributed by atoms with E-state index in [4.69, 9.17) is 0 Å². The lowest BCUT2D eigenvalue weighted by Crippen LogP contribution is -2.55. The van der Waals surface area contributed by atoms with Gasteiger partial charge in [-0.15, -0.1) is 0 Å². The molecule has 3 rings (SSSR count). The van der Waals surface area contributed by atoms with Crippen molar-refractivity contribution in [3.63, 3.8) is 0 Å². The molecular weight excluding hydrogens is 282 g/mol. The Bertz CT molecular complexity index is 647. The number of hydrogen-bond acceptors (Lipinski definition) is 4. The summed E-state index contributed by atoms with van der Waals surface area (Å²) in [5, 5.41) is 19.8. The third-order valence-electron chi connectivity index (χ3n) is 4.36. The number of imidazole rings is 1. The number of piperidine rings is 1. The molecule has 22 heavy (non-hydrogen) atoms. The van der Waals surface area contributed by atoms with Crippen LogP contribution in [0.4, 0.5) is 0 Å². The van der Waals surface area contributed by atoms with Crippen molar-refractivity contribution in [3.05, 3.63) is 36.3 Å². The largest absolute Gasteiger partial charge is 0.388 e. The highest BCUT2D eigenvalue weighted by atomic mass is 16.3. The van der Waals surface area contributed by atoms with Crippen LogP contribution in [0.2, 0.25) is 0 Å². The Morgan fingerprint density at radius 3 is 3.05 bits per heavy atom. The van der Waals surface area contributed by atoms with E-state index in [0.29, 0.717) is 25.8 Å². The molecule has 2 N–H and O–H groups in total. The second kappa shape index (κ2) is 5.70. The first-order valence-electron chi connectivity index (χ1n) is 7.56. The molecule has 0 bridgehead atoms. The van der Waals surface area contributed by atoms with Gasteiger partial charge in [-0.3, -0.25) is 4.79 Å². The van der Waals surface area contributed by atoms with Gasteiger partial charge >= 0.3 is 0 Å². The highest BCUT2D eigenvalue weighted by Crippen LogP contribution is 2.22. The Morgan fingerprint density at radius 2 is 2.32 bits per heavy atom. The van der Waals surface area contributed by atoms with Gasteiger partial charge in [-0.1, -0.05) is 6.07 Å². The summed E-state index contributed by atoms with van der Waals surface area (Å²) in [6, 6.07) is 5.79. The summed E-state index contributed by atoms with van der Waals surface area (Å²) in [4.78, 5) is 18.3. The fraction of sp³-hybridized carbons (Fsp3) is 0.500. The molecule has 2 atom stereocenters. The molecule has 0 unspecified atom stereocenters. The first-order chi connectivity index (χ1) is 10.5. The fourth-order valence-electron chi connectivity index (χ4n) is 2.75. The predicted octanol–water partition coefficient (Wildman–Crippen LogP) is 0.611. The van der Waals surface area contributed by atoms with E-state index in [-0.39, 0.29) is 12.5 Å². The second-order valence-corrected chi connectivity index (χ2v) is 6.16. The molecule has 1 aliphatic rings. The molecule has 2 aromatic heterocycles. The zero-order valence-electron chi connectivity index (χ0n) is 12.6. The fourth-order valence-corrected chi connectivity index (χ4v) is 2.75. The maximum Gasteiger partial charge on any atom is 0.223 e. The SMILES string of the molecule is C[C@@]1(O)CCN(C(=O)CCc2cn3ccccc3n2)C[C@H]1O. The highest BCUT2D eigenvalue weighted by molar-refractivity contribution is 5.76. The lowest BCUT2D eigenvalue weighted by molar-refractivity contribution is -0.146. The number of β-amino-alcohol motifs (C(OH)–C–C–N with tert-alkyl or cyclic N) is 1. The molecule has 1 fully saturated rings. The number of aromatic nitrogens is 2. The van der Waals surface area contributed by atoms with Crippen LogP contribution in [0.15, 0.2) is 30.6 Å². The van der Waals surface area contributed by atoms with Crippen molar-refractivity contribution in [2.24, 2.45) is 0 Å². The maximum atomic E-state index is 12.2. The van der Waals surface area contributed by atoms with Crippen molar-refractivity contribution in [3.8, 4) is 0 Å². The minimum absolute atomic E-state index is 0.00777. The molecule has 0 radical (unpaired) electrons. The van der Waals surface area contributed by atoms with Crippen LogP contribution in [0.1, 0.15) is 25.5 Å². The number of aliphatic hydroxyl groups excluding tert-OH is 1. The van der Waals surface area contributed by atoms with E-state index >= 15 is 0 Å². The molecule has 6 heteroatoms. The number of rotatable bonds is 3. The average Bonchev–Trinajstić information content (AvgIpc) is 2.90. The van der Waals surface area contributed by atoms with Gasteiger partial charge in [-0.05, 0) is 31.9 Å². The smallest absolute Gasteiger partial charge is 0.223 e. The second-order valence-electron chi connectivity index (χ2n) is 6.16. The van der Waals surface area contributed by atoms with Crippen LogP contribution in [0.25, 0.3) is 5.65 Å². The number of nitrogens with zero attached hydrogens (tertiary/aromatic N) is 3. The molecule has 0 spiro atoms. The van der Waals surface area contributed by atoms with Crippen LogP contribution >= 0.6 is 0 Å². The van der Waals surface area contributed by atoms with Gasteiger partial charge in [0.1, 0.15) is 5.65 Å². The Labute approximate surface area is 129 Å². The van der Waals surface area contributed by atoms with Gasteiger partial charge in [0, 0.05) is 31.9 Å². The lowest BCUT2D eigenvalue weighted by atomic mass is 9.90. The van der Waals surface area contributed by atoms with E-state index in [1.54, 1.807) is 11.8 Å². The van der Waals surface area contributed by atoms with Gasteiger partial charge in [0.25, 0.3) is 0 Å². The molecule has 1 aliphatic heterocycles. The van der Waals surface area contributed by atoms with Gasteiger partial charge in [-0.2, -0.15) is 0 Å². The molecule has 6 nitrogen and oxygen atoms in total. The number of aryl methyl sites for hydroxylation is 1. The van der Waals surface area contributed by atoms with Crippen molar-refractivity contribution >= 4 is 11.6 Å². The first-order valence-corrected chi connectivity index (χ1v) is 7.56. The van der Waals surface area contributed by atoms with Crippen LogP contribution < -0.4 is 0 Å².